The van der Waals surface area contributed by atoms with Gasteiger partial charge < -0.3 is 14.4 Å². The molecular weight excluding hydrogens is 277 g/mol. The first-order valence-corrected chi connectivity index (χ1v) is 6.67. The molecule has 0 fully saturated rings. The first-order chi connectivity index (χ1) is 9.90. The fourth-order valence-corrected chi connectivity index (χ4v) is 2.95. The molecule has 1 unspecified atom stereocenters. The third-order valence-electron chi connectivity index (χ3n) is 4.09. The second kappa shape index (κ2) is 4.58. The Bertz CT molecular complexity index is 825. The highest BCUT2D eigenvalue weighted by molar-refractivity contribution is 5.86. The second-order valence-electron chi connectivity index (χ2n) is 5.34. The zero-order valence-electron chi connectivity index (χ0n) is 11.6. The Balaban J connectivity index is 2.44. The summed E-state index contributed by atoms with van der Waals surface area (Å²) in [6, 6.07) is 1.25. The fraction of sp³-hybridized carbons (Fsp3) is 0.333. The third kappa shape index (κ3) is 1.98. The zero-order valence-corrected chi connectivity index (χ0v) is 11.6. The molecule has 1 N–H and O–H groups in total. The first kappa shape index (κ1) is 13.6. The molecule has 1 aliphatic rings. The number of aryl methyl sites for hydroxylation is 1. The Hall–Kier alpha value is -2.37. The first-order valence-electron chi connectivity index (χ1n) is 6.67. The molecular formula is C15H14FNO4. The van der Waals surface area contributed by atoms with Gasteiger partial charge in [-0.1, -0.05) is 0 Å². The van der Waals surface area contributed by atoms with Gasteiger partial charge in [-0.15, -0.1) is 0 Å². The van der Waals surface area contributed by atoms with E-state index < -0.39 is 17.4 Å². The second-order valence-corrected chi connectivity index (χ2v) is 5.34. The number of carbonyl (C=O) groups is 1. The van der Waals surface area contributed by atoms with Gasteiger partial charge in [0.2, 0.25) is 5.43 Å². The van der Waals surface area contributed by atoms with Crippen molar-refractivity contribution in [3.8, 4) is 5.75 Å². The largest absolute Gasteiger partial charge is 0.511 e. The van der Waals surface area contributed by atoms with Crippen molar-refractivity contribution in [3.05, 3.63) is 39.4 Å². The zero-order chi connectivity index (χ0) is 15.3. The Morgan fingerprint density at radius 1 is 1.52 bits per heavy atom. The van der Waals surface area contributed by atoms with Crippen molar-refractivity contribution in [2.45, 2.75) is 32.7 Å². The number of benzene rings is 1. The predicted molar refractivity (Wildman–Crippen MR) is 74.6 cm³/mol. The smallest absolute Gasteiger partial charge is 0.449 e. The molecule has 2 heterocycles. The van der Waals surface area contributed by atoms with Crippen LogP contribution in [0.1, 0.15) is 30.5 Å². The van der Waals surface area contributed by atoms with E-state index in [9.17, 15) is 14.0 Å². The summed E-state index contributed by atoms with van der Waals surface area (Å²) in [6.07, 6.45) is 1.33. The number of rotatable bonds is 1. The molecule has 21 heavy (non-hydrogen) atoms. The lowest BCUT2D eigenvalue weighted by Crippen LogP contribution is -2.22. The molecule has 1 aromatic heterocycles. The molecule has 0 bridgehead atoms. The number of nitrogens with zero attached hydrogens (tertiary/aromatic N) is 1. The van der Waals surface area contributed by atoms with Crippen molar-refractivity contribution >= 4 is 17.1 Å². The van der Waals surface area contributed by atoms with Crippen molar-refractivity contribution in [3.63, 3.8) is 0 Å². The lowest BCUT2D eigenvalue weighted by atomic mass is 9.93. The highest BCUT2D eigenvalue weighted by atomic mass is 19.1. The SMILES string of the molecule is Cc1c(F)cc2c(=O)c(OC(=O)O)cn3c2c1CCC3C. The minimum atomic E-state index is -1.56. The third-order valence-corrected chi connectivity index (χ3v) is 4.09. The number of hydrogen-bond donors (Lipinski definition) is 1. The molecule has 6 heteroatoms. The van der Waals surface area contributed by atoms with Gasteiger partial charge in [0.15, 0.2) is 5.75 Å². The topological polar surface area (TPSA) is 68.5 Å². The van der Waals surface area contributed by atoms with Crippen molar-refractivity contribution in [1.29, 1.82) is 0 Å². The molecule has 0 spiro atoms. The van der Waals surface area contributed by atoms with Gasteiger partial charge in [-0.25, -0.2) is 9.18 Å². The Kier molecular flexibility index (Phi) is 2.97. The molecule has 1 aliphatic heterocycles. The summed E-state index contributed by atoms with van der Waals surface area (Å²) in [5, 5.41) is 8.88. The van der Waals surface area contributed by atoms with E-state index in [0.29, 0.717) is 17.5 Å². The summed E-state index contributed by atoms with van der Waals surface area (Å²) >= 11 is 0. The highest BCUT2D eigenvalue weighted by Crippen LogP contribution is 2.34. The number of carboxylic acid groups (broad SMARTS) is 1. The van der Waals surface area contributed by atoms with E-state index in [0.717, 1.165) is 12.0 Å². The normalized spacial score (nSPS) is 17.0. The number of halogens is 1. The standard InChI is InChI=1S/C15H14FNO4/c1-7-3-4-9-8(2)11(16)5-10-13(9)17(7)6-12(14(10)18)21-15(19)20/h5-7H,3-4H2,1-2H3,(H,19,20). The van der Waals surface area contributed by atoms with E-state index in [1.54, 1.807) is 11.5 Å². The van der Waals surface area contributed by atoms with Crippen LogP contribution < -0.4 is 10.2 Å². The maximum Gasteiger partial charge on any atom is 0.511 e. The van der Waals surface area contributed by atoms with Crippen LogP contribution in [-0.2, 0) is 6.42 Å². The molecule has 0 radical (unpaired) electrons. The van der Waals surface area contributed by atoms with Gasteiger partial charge in [-0.05, 0) is 43.9 Å². The summed E-state index contributed by atoms with van der Waals surface area (Å²) in [5.74, 6) is -0.749. The molecule has 0 saturated heterocycles. The molecule has 1 atom stereocenters. The number of pyridine rings is 1. The average molecular weight is 291 g/mol. The monoisotopic (exact) mass is 291 g/mol. The van der Waals surface area contributed by atoms with Crippen LogP contribution in [-0.4, -0.2) is 15.8 Å². The Morgan fingerprint density at radius 3 is 2.90 bits per heavy atom. The molecule has 0 aliphatic carbocycles. The van der Waals surface area contributed by atoms with Crippen molar-refractivity contribution < 1.29 is 19.0 Å². The van der Waals surface area contributed by atoms with E-state index in [2.05, 4.69) is 4.74 Å². The van der Waals surface area contributed by atoms with Crippen LogP contribution in [0, 0.1) is 12.7 Å². The van der Waals surface area contributed by atoms with Gasteiger partial charge in [0, 0.05) is 6.04 Å². The minimum absolute atomic E-state index is 0.0848. The van der Waals surface area contributed by atoms with E-state index in [1.807, 2.05) is 6.92 Å². The van der Waals surface area contributed by atoms with Crippen LogP contribution in [0.3, 0.4) is 0 Å². The lowest BCUT2D eigenvalue weighted by Gasteiger charge is -2.27. The van der Waals surface area contributed by atoms with Crippen molar-refractivity contribution in [1.82, 2.24) is 4.57 Å². The summed E-state index contributed by atoms with van der Waals surface area (Å²) in [6.45, 7) is 3.66. The molecule has 1 aromatic carbocycles. The van der Waals surface area contributed by atoms with Crippen LogP contribution in [0.15, 0.2) is 17.1 Å². The maximum absolute atomic E-state index is 14.0. The molecule has 110 valence electrons. The van der Waals surface area contributed by atoms with Crippen molar-refractivity contribution in [2.24, 2.45) is 0 Å². The Morgan fingerprint density at radius 2 is 2.24 bits per heavy atom. The number of hydrogen-bond acceptors (Lipinski definition) is 3. The molecule has 5 nitrogen and oxygen atoms in total. The molecule has 2 aromatic rings. The maximum atomic E-state index is 14.0. The Labute approximate surface area is 119 Å². The summed E-state index contributed by atoms with van der Waals surface area (Å²) in [7, 11) is 0. The van der Waals surface area contributed by atoms with Crippen LogP contribution in [0.2, 0.25) is 0 Å². The van der Waals surface area contributed by atoms with Crippen LogP contribution in [0.5, 0.6) is 5.75 Å². The van der Waals surface area contributed by atoms with Gasteiger partial charge in [-0.3, -0.25) is 4.79 Å². The highest BCUT2D eigenvalue weighted by Gasteiger charge is 2.24. The number of ether oxygens (including phenoxy) is 1. The number of aromatic nitrogens is 1. The van der Waals surface area contributed by atoms with Gasteiger partial charge in [0.1, 0.15) is 5.82 Å². The molecule has 0 saturated carbocycles. The molecule has 0 amide bonds. The summed E-state index contributed by atoms with van der Waals surface area (Å²) in [4.78, 5) is 23.0. The van der Waals surface area contributed by atoms with Gasteiger partial charge in [0.25, 0.3) is 0 Å². The van der Waals surface area contributed by atoms with Crippen LogP contribution >= 0.6 is 0 Å². The van der Waals surface area contributed by atoms with E-state index in [4.69, 9.17) is 5.11 Å². The predicted octanol–water partition coefficient (Wildman–Crippen LogP) is 3.01. The van der Waals surface area contributed by atoms with Crippen LogP contribution in [0.25, 0.3) is 10.9 Å². The minimum Gasteiger partial charge on any atom is -0.449 e. The average Bonchev–Trinajstić information content (AvgIpc) is 2.42. The molecule has 3 rings (SSSR count). The summed E-state index contributed by atoms with van der Waals surface area (Å²) in [5.41, 5.74) is 1.42. The summed E-state index contributed by atoms with van der Waals surface area (Å²) < 4.78 is 20.4. The van der Waals surface area contributed by atoms with E-state index >= 15 is 0 Å². The lowest BCUT2D eigenvalue weighted by molar-refractivity contribution is 0.143. The quantitative estimate of drug-likeness (QED) is 0.820. The van der Waals surface area contributed by atoms with Gasteiger partial charge in [0.05, 0.1) is 17.1 Å². The fourth-order valence-electron chi connectivity index (χ4n) is 2.95. The van der Waals surface area contributed by atoms with Gasteiger partial charge >= 0.3 is 6.16 Å². The van der Waals surface area contributed by atoms with Gasteiger partial charge in [-0.2, -0.15) is 0 Å². The van der Waals surface area contributed by atoms with E-state index in [1.165, 1.54) is 12.3 Å². The van der Waals surface area contributed by atoms with Crippen LogP contribution in [0.4, 0.5) is 9.18 Å². The van der Waals surface area contributed by atoms with E-state index in [-0.39, 0.29) is 17.2 Å². The van der Waals surface area contributed by atoms with Crippen molar-refractivity contribution in [2.75, 3.05) is 0 Å².